The lowest BCUT2D eigenvalue weighted by Crippen LogP contribution is -1.79. The molecule has 0 aromatic rings. The highest BCUT2D eigenvalue weighted by Gasteiger charge is 1.84. The smallest absolute Gasteiger partial charge is 0.00507 e. The fraction of sp³-hybridized carbons (Fsp3) is 0.500. The summed E-state index contributed by atoms with van der Waals surface area (Å²) in [5.74, 6) is 3.13. The average Bonchev–Trinajstić information content (AvgIpc) is 1.65. The van der Waals surface area contributed by atoms with Crippen LogP contribution in [0.15, 0.2) is 11.6 Å². The number of terminal acetylenes is 1. The van der Waals surface area contributed by atoms with Gasteiger partial charge in [-0.2, -0.15) is 0 Å². The standard InChI is InChI=1S/C8H12/c1-5-8(4)6-7(2)3/h1,6-7H,2-4H3/b8-6-. The van der Waals surface area contributed by atoms with Crippen LogP contribution >= 0.6 is 0 Å². The lowest BCUT2D eigenvalue weighted by Gasteiger charge is -1.92. The van der Waals surface area contributed by atoms with Crippen molar-refractivity contribution in [3.05, 3.63) is 11.6 Å². The molecule has 0 N–H and O–H groups in total. The number of hydrogen-bond acceptors (Lipinski definition) is 0. The van der Waals surface area contributed by atoms with Gasteiger partial charge >= 0.3 is 0 Å². The molecule has 0 saturated carbocycles. The molecule has 0 radical (unpaired) electrons. The van der Waals surface area contributed by atoms with Gasteiger partial charge in [0.2, 0.25) is 0 Å². The van der Waals surface area contributed by atoms with Crippen molar-refractivity contribution < 1.29 is 0 Å². The van der Waals surface area contributed by atoms with Gasteiger partial charge in [-0.25, -0.2) is 0 Å². The van der Waals surface area contributed by atoms with E-state index in [0.29, 0.717) is 5.92 Å². The van der Waals surface area contributed by atoms with Crippen LogP contribution in [0.3, 0.4) is 0 Å². The predicted molar refractivity (Wildman–Crippen MR) is 37.4 cm³/mol. The maximum Gasteiger partial charge on any atom is -0.00507 e. The summed E-state index contributed by atoms with van der Waals surface area (Å²) < 4.78 is 0. The molecule has 0 aliphatic heterocycles. The summed E-state index contributed by atoms with van der Waals surface area (Å²) in [4.78, 5) is 0. The van der Waals surface area contributed by atoms with E-state index in [2.05, 4.69) is 25.8 Å². The Morgan fingerprint density at radius 3 is 2.25 bits per heavy atom. The molecular formula is C8H12. The zero-order valence-electron chi connectivity index (χ0n) is 5.73. The van der Waals surface area contributed by atoms with Gasteiger partial charge in [-0.1, -0.05) is 25.8 Å². The van der Waals surface area contributed by atoms with Crippen LogP contribution in [-0.2, 0) is 0 Å². The molecule has 0 rings (SSSR count). The van der Waals surface area contributed by atoms with E-state index in [1.807, 2.05) is 6.92 Å². The van der Waals surface area contributed by atoms with Gasteiger partial charge in [-0.3, -0.25) is 0 Å². The van der Waals surface area contributed by atoms with E-state index in [9.17, 15) is 0 Å². The molecule has 0 amide bonds. The maximum absolute atomic E-state index is 5.10. The zero-order chi connectivity index (χ0) is 6.57. The van der Waals surface area contributed by atoms with Crippen molar-refractivity contribution in [1.29, 1.82) is 0 Å². The molecule has 0 saturated heterocycles. The van der Waals surface area contributed by atoms with E-state index in [1.165, 1.54) is 0 Å². The third-order valence-corrected chi connectivity index (χ3v) is 0.811. The summed E-state index contributed by atoms with van der Waals surface area (Å²) in [6.07, 6.45) is 7.17. The second kappa shape index (κ2) is 3.32. The third-order valence-electron chi connectivity index (χ3n) is 0.811. The van der Waals surface area contributed by atoms with Crippen LogP contribution in [-0.4, -0.2) is 0 Å². The number of rotatable bonds is 1. The quantitative estimate of drug-likeness (QED) is 0.452. The van der Waals surface area contributed by atoms with Crippen LogP contribution in [0.1, 0.15) is 20.8 Å². The Morgan fingerprint density at radius 1 is 1.62 bits per heavy atom. The van der Waals surface area contributed by atoms with Gasteiger partial charge in [-0.05, 0) is 18.4 Å². The van der Waals surface area contributed by atoms with Crippen LogP contribution in [0.5, 0.6) is 0 Å². The Kier molecular flexibility index (Phi) is 3.03. The molecule has 8 heavy (non-hydrogen) atoms. The van der Waals surface area contributed by atoms with Crippen molar-refractivity contribution in [3.63, 3.8) is 0 Å². The molecule has 0 unspecified atom stereocenters. The Balaban J connectivity index is 3.80. The fourth-order valence-corrected chi connectivity index (χ4v) is 0.548. The summed E-state index contributed by atoms with van der Waals surface area (Å²) in [6.45, 7) is 6.17. The molecule has 0 aromatic heterocycles. The van der Waals surface area contributed by atoms with Crippen LogP contribution in [0, 0.1) is 18.3 Å². The third kappa shape index (κ3) is 3.49. The van der Waals surface area contributed by atoms with Crippen molar-refractivity contribution in [2.45, 2.75) is 20.8 Å². The molecule has 0 heterocycles. The molecule has 0 aromatic carbocycles. The van der Waals surface area contributed by atoms with Crippen LogP contribution in [0.2, 0.25) is 0 Å². The summed E-state index contributed by atoms with van der Waals surface area (Å²) in [7, 11) is 0. The second-order valence-electron chi connectivity index (χ2n) is 2.24. The van der Waals surface area contributed by atoms with E-state index >= 15 is 0 Å². The molecule has 0 nitrogen and oxygen atoms in total. The Bertz CT molecular complexity index is 121. The monoisotopic (exact) mass is 108 g/mol. The van der Waals surface area contributed by atoms with Gasteiger partial charge in [0.25, 0.3) is 0 Å². The van der Waals surface area contributed by atoms with Crippen molar-refractivity contribution in [3.8, 4) is 12.3 Å². The van der Waals surface area contributed by atoms with Gasteiger partial charge in [0.15, 0.2) is 0 Å². The molecule has 0 spiro atoms. The van der Waals surface area contributed by atoms with Gasteiger partial charge < -0.3 is 0 Å². The first-order valence-electron chi connectivity index (χ1n) is 2.82. The highest BCUT2D eigenvalue weighted by Crippen LogP contribution is 1.98. The SMILES string of the molecule is C#C/C(C)=C\C(C)C. The van der Waals surface area contributed by atoms with Crippen molar-refractivity contribution >= 4 is 0 Å². The van der Waals surface area contributed by atoms with Crippen LogP contribution in [0.25, 0.3) is 0 Å². The summed E-state index contributed by atoms with van der Waals surface area (Å²) in [6, 6.07) is 0. The van der Waals surface area contributed by atoms with E-state index in [0.717, 1.165) is 5.57 Å². The molecule has 0 bridgehead atoms. The van der Waals surface area contributed by atoms with Crippen molar-refractivity contribution in [2.75, 3.05) is 0 Å². The first-order valence-corrected chi connectivity index (χ1v) is 2.82. The van der Waals surface area contributed by atoms with Gasteiger partial charge in [0.1, 0.15) is 0 Å². The van der Waals surface area contributed by atoms with Crippen molar-refractivity contribution in [2.24, 2.45) is 5.92 Å². The highest BCUT2D eigenvalue weighted by molar-refractivity contribution is 5.22. The minimum absolute atomic E-state index is 0.575. The van der Waals surface area contributed by atoms with Crippen molar-refractivity contribution in [1.82, 2.24) is 0 Å². The zero-order valence-corrected chi connectivity index (χ0v) is 5.73. The van der Waals surface area contributed by atoms with E-state index in [4.69, 9.17) is 6.42 Å². The molecule has 44 valence electrons. The summed E-state index contributed by atoms with van der Waals surface area (Å²) in [5, 5.41) is 0. The largest absolute Gasteiger partial charge is 0.115 e. The second-order valence-corrected chi connectivity index (χ2v) is 2.24. The van der Waals surface area contributed by atoms with Crippen LogP contribution < -0.4 is 0 Å². The van der Waals surface area contributed by atoms with E-state index in [-0.39, 0.29) is 0 Å². The Labute approximate surface area is 51.6 Å². The van der Waals surface area contributed by atoms with Gasteiger partial charge in [0, 0.05) is 0 Å². The lowest BCUT2D eigenvalue weighted by molar-refractivity contribution is 0.826. The first-order chi connectivity index (χ1) is 3.66. The summed E-state index contributed by atoms with van der Waals surface area (Å²) >= 11 is 0. The minimum Gasteiger partial charge on any atom is -0.115 e. The molecular weight excluding hydrogens is 96.1 g/mol. The number of allylic oxidation sites excluding steroid dienone is 2. The van der Waals surface area contributed by atoms with Gasteiger partial charge in [-0.15, -0.1) is 6.42 Å². The Morgan fingerprint density at radius 2 is 2.12 bits per heavy atom. The fourth-order valence-electron chi connectivity index (χ4n) is 0.548. The summed E-state index contributed by atoms with van der Waals surface area (Å²) in [5.41, 5.74) is 1.03. The topological polar surface area (TPSA) is 0 Å². The van der Waals surface area contributed by atoms with Gasteiger partial charge in [0.05, 0.1) is 0 Å². The Hall–Kier alpha value is -0.700. The van der Waals surface area contributed by atoms with E-state index < -0.39 is 0 Å². The lowest BCUT2D eigenvalue weighted by atomic mass is 10.1. The normalized spacial score (nSPS) is 11.6. The molecule has 0 fully saturated rings. The average molecular weight is 108 g/mol. The number of hydrogen-bond donors (Lipinski definition) is 0. The minimum atomic E-state index is 0.575. The molecule has 0 aliphatic carbocycles. The predicted octanol–water partition coefficient (Wildman–Crippen LogP) is 2.22. The maximum atomic E-state index is 5.10. The van der Waals surface area contributed by atoms with Crippen LogP contribution in [0.4, 0.5) is 0 Å². The molecule has 0 heteroatoms. The molecule has 0 atom stereocenters. The first kappa shape index (κ1) is 7.30. The molecule has 0 aliphatic rings. The van der Waals surface area contributed by atoms with E-state index in [1.54, 1.807) is 0 Å². The highest BCUT2D eigenvalue weighted by atomic mass is 13.9.